The number of nitrogens with zero attached hydrogens (tertiary/aromatic N) is 2. The highest BCUT2D eigenvalue weighted by Crippen LogP contribution is 2.31. The molecule has 0 saturated carbocycles. The SMILES string of the molecule is CC(=O)N1CCc2cc(NC(=O)C3CCN(C(=O)c4cccs4)CC3)ccc21. The maximum Gasteiger partial charge on any atom is 0.263 e. The number of rotatable bonds is 3. The Morgan fingerprint density at radius 1 is 1.11 bits per heavy atom. The van der Waals surface area contributed by atoms with Gasteiger partial charge in [0.05, 0.1) is 4.88 Å². The molecule has 1 N–H and O–H groups in total. The fourth-order valence-corrected chi connectivity index (χ4v) is 4.64. The lowest BCUT2D eigenvalue weighted by atomic mass is 9.95. The van der Waals surface area contributed by atoms with Crippen LogP contribution in [0.15, 0.2) is 35.7 Å². The molecule has 6 nitrogen and oxygen atoms in total. The van der Waals surface area contributed by atoms with Crippen molar-refractivity contribution in [2.24, 2.45) is 5.92 Å². The van der Waals surface area contributed by atoms with Crippen LogP contribution < -0.4 is 10.2 Å². The van der Waals surface area contributed by atoms with Crippen molar-refractivity contribution in [2.75, 3.05) is 29.9 Å². The van der Waals surface area contributed by atoms with Gasteiger partial charge in [-0.1, -0.05) is 6.07 Å². The first-order valence-corrected chi connectivity index (χ1v) is 10.5. The van der Waals surface area contributed by atoms with Gasteiger partial charge in [0.25, 0.3) is 5.91 Å². The summed E-state index contributed by atoms with van der Waals surface area (Å²) in [7, 11) is 0. The fourth-order valence-electron chi connectivity index (χ4n) is 3.95. The van der Waals surface area contributed by atoms with E-state index in [0.717, 1.165) is 28.2 Å². The first-order valence-electron chi connectivity index (χ1n) is 9.57. The van der Waals surface area contributed by atoms with Crippen LogP contribution in [0.25, 0.3) is 0 Å². The molecule has 1 saturated heterocycles. The number of anilines is 2. The molecular formula is C21H23N3O3S. The van der Waals surface area contributed by atoms with E-state index < -0.39 is 0 Å². The monoisotopic (exact) mass is 397 g/mol. The number of amides is 3. The summed E-state index contributed by atoms with van der Waals surface area (Å²) < 4.78 is 0. The van der Waals surface area contributed by atoms with Crippen LogP contribution >= 0.6 is 11.3 Å². The lowest BCUT2D eigenvalue weighted by Gasteiger charge is -2.31. The summed E-state index contributed by atoms with van der Waals surface area (Å²) in [6.07, 6.45) is 2.15. The highest BCUT2D eigenvalue weighted by atomic mass is 32.1. The van der Waals surface area contributed by atoms with E-state index in [1.807, 2.05) is 40.6 Å². The van der Waals surface area contributed by atoms with E-state index in [2.05, 4.69) is 5.32 Å². The van der Waals surface area contributed by atoms with Crippen LogP contribution in [0.5, 0.6) is 0 Å². The number of carbonyl (C=O) groups is 3. The Labute approximate surface area is 168 Å². The lowest BCUT2D eigenvalue weighted by Crippen LogP contribution is -2.41. The van der Waals surface area contributed by atoms with Crippen LogP contribution in [0, 0.1) is 5.92 Å². The van der Waals surface area contributed by atoms with E-state index in [4.69, 9.17) is 0 Å². The summed E-state index contributed by atoms with van der Waals surface area (Å²) in [6.45, 7) is 3.47. The minimum Gasteiger partial charge on any atom is -0.338 e. The Kier molecular flexibility index (Phi) is 5.17. The zero-order valence-corrected chi connectivity index (χ0v) is 16.6. The molecule has 1 aromatic heterocycles. The molecule has 146 valence electrons. The third-order valence-electron chi connectivity index (χ3n) is 5.51. The molecule has 0 spiro atoms. The van der Waals surface area contributed by atoms with Gasteiger partial charge in [-0.25, -0.2) is 0 Å². The van der Waals surface area contributed by atoms with E-state index in [0.29, 0.717) is 32.5 Å². The Hall–Kier alpha value is -2.67. The number of piperidine rings is 1. The van der Waals surface area contributed by atoms with E-state index in [1.165, 1.54) is 11.3 Å². The van der Waals surface area contributed by atoms with Crippen molar-refractivity contribution in [2.45, 2.75) is 26.2 Å². The maximum absolute atomic E-state index is 12.7. The van der Waals surface area contributed by atoms with Gasteiger partial charge in [0.1, 0.15) is 0 Å². The Morgan fingerprint density at radius 3 is 2.57 bits per heavy atom. The molecule has 1 aromatic carbocycles. The normalized spacial score (nSPS) is 16.8. The van der Waals surface area contributed by atoms with E-state index in [1.54, 1.807) is 11.8 Å². The van der Waals surface area contributed by atoms with Gasteiger partial charge in [0, 0.05) is 43.9 Å². The molecule has 2 aliphatic rings. The molecule has 4 rings (SSSR count). The number of nitrogens with one attached hydrogen (secondary N) is 1. The molecule has 3 amide bonds. The Bertz CT molecular complexity index is 902. The minimum absolute atomic E-state index is 0.00425. The second-order valence-corrected chi connectivity index (χ2v) is 8.24. The molecule has 0 atom stereocenters. The highest BCUT2D eigenvalue weighted by Gasteiger charge is 2.29. The molecule has 0 radical (unpaired) electrons. The van der Waals surface area contributed by atoms with Gasteiger partial charge < -0.3 is 15.1 Å². The quantitative estimate of drug-likeness (QED) is 0.865. The molecule has 28 heavy (non-hydrogen) atoms. The zero-order chi connectivity index (χ0) is 19.7. The predicted octanol–water partition coefficient (Wildman–Crippen LogP) is 3.15. The van der Waals surface area contributed by atoms with Gasteiger partial charge in [0.2, 0.25) is 11.8 Å². The maximum atomic E-state index is 12.7. The standard InChI is InChI=1S/C21H23N3O3S/c1-14(25)24-11-8-16-13-17(4-5-18(16)24)22-20(26)15-6-9-23(10-7-15)21(27)19-3-2-12-28-19/h2-5,12-13,15H,6-11H2,1H3,(H,22,26). The second-order valence-electron chi connectivity index (χ2n) is 7.30. The number of benzene rings is 1. The topological polar surface area (TPSA) is 69.7 Å². The molecule has 0 unspecified atom stereocenters. The zero-order valence-electron chi connectivity index (χ0n) is 15.8. The molecule has 2 aromatic rings. The smallest absolute Gasteiger partial charge is 0.263 e. The van der Waals surface area contributed by atoms with Gasteiger partial charge in [-0.2, -0.15) is 0 Å². The fraction of sp³-hybridized carbons (Fsp3) is 0.381. The molecular weight excluding hydrogens is 374 g/mol. The summed E-state index contributed by atoms with van der Waals surface area (Å²) in [4.78, 5) is 41.1. The Balaban J connectivity index is 1.34. The van der Waals surface area contributed by atoms with Crippen molar-refractivity contribution < 1.29 is 14.4 Å². The van der Waals surface area contributed by atoms with Crippen LogP contribution in [0.4, 0.5) is 11.4 Å². The molecule has 0 aliphatic carbocycles. The van der Waals surface area contributed by atoms with Gasteiger partial charge in [-0.05, 0) is 54.5 Å². The van der Waals surface area contributed by atoms with Crippen LogP contribution in [0.3, 0.4) is 0 Å². The van der Waals surface area contributed by atoms with Crippen molar-refractivity contribution >= 4 is 40.4 Å². The third-order valence-corrected chi connectivity index (χ3v) is 6.37. The average molecular weight is 398 g/mol. The van der Waals surface area contributed by atoms with Crippen molar-refractivity contribution in [3.63, 3.8) is 0 Å². The predicted molar refractivity (Wildman–Crippen MR) is 110 cm³/mol. The van der Waals surface area contributed by atoms with Crippen molar-refractivity contribution in [1.82, 2.24) is 4.90 Å². The van der Waals surface area contributed by atoms with Crippen LogP contribution in [0.2, 0.25) is 0 Å². The third kappa shape index (κ3) is 3.67. The van der Waals surface area contributed by atoms with Gasteiger partial charge in [-0.3, -0.25) is 14.4 Å². The van der Waals surface area contributed by atoms with E-state index in [-0.39, 0.29) is 23.6 Å². The average Bonchev–Trinajstić information content (AvgIpc) is 3.37. The van der Waals surface area contributed by atoms with Gasteiger partial charge in [-0.15, -0.1) is 11.3 Å². The lowest BCUT2D eigenvalue weighted by molar-refractivity contribution is -0.121. The van der Waals surface area contributed by atoms with Crippen molar-refractivity contribution in [3.05, 3.63) is 46.2 Å². The highest BCUT2D eigenvalue weighted by molar-refractivity contribution is 7.12. The van der Waals surface area contributed by atoms with Crippen LogP contribution in [-0.2, 0) is 16.0 Å². The second kappa shape index (κ2) is 7.75. The number of likely N-dealkylation sites (tertiary alicyclic amines) is 1. The van der Waals surface area contributed by atoms with Gasteiger partial charge >= 0.3 is 0 Å². The van der Waals surface area contributed by atoms with E-state index in [9.17, 15) is 14.4 Å². The molecule has 0 bridgehead atoms. The number of hydrogen-bond acceptors (Lipinski definition) is 4. The van der Waals surface area contributed by atoms with Crippen molar-refractivity contribution in [1.29, 1.82) is 0 Å². The molecule has 2 aliphatic heterocycles. The first-order chi connectivity index (χ1) is 13.5. The van der Waals surface area contributed by atoms with Gasteiger partial charge in [0.15, 0.2) is 0 Å². The van der Waals surface area contributed by atoms with Crippen LogP contribution in [0.1, 0.15) is 35.0 Å². The summed E-state index contributed by atoms with van der Waals surface area (Å²) in [6, 6.07) is 9.44. The number of thiophene rings is 1. The largest absolute Gasteiger partial charge is 0.338 e. The number of carbonyl (C=O) groups excluding carboxylic acids is 3. The minimum atomic E-state index is -0.0886. The number of fused-ring (bicyclic) bond motifs is 1. The summed E-state index contributed by atoms with van der Waals surface area (Å²) in [5.74, 6) is 0.0147. The van der Waals surface area contributed by atoms with Crippen LogP contribution in [-0.4, -0.2) is 42.3 Å². The molecule has 1 fully saturated rings. The summed E-state index contributed by atoms with van der Waals surface area (Å²) in [5.41, 5.74) is 2.79. The first kappa shape index (κ1) is 18.7. The Morgan fingerprint density at radius 2 is 1.89 bits per heavy atom. The van der Waals surface area contributed by atoms with Crippen molar-refractivity contribution in [3.8, 4) is 0 Å². The number of hydrogen-bond donors (Lipinski definition) is 1. The summed E-state index contributed by atoms with van der Waals surface area (Å²) >= 11 is 1.45. The summed E-state index contributed by atoms with van der Waals surface area (Å²) in [5, 5.41) is 4.92. The molecule has 7 heteroatoms. The molecule has 3 heterocycles. The van der Waals surface area contributed by atoms with E-state index >= 15 is 0 Å².